The Morgan fingerprint density at radius 2 is 0.910 bits per heavy atom. The Balaban J connectivity index is 0.000000147. The van der Waals surface area contributed by atoms with E-state index < -0.39 is 16.8 Å². The topological polar surface area (TPSA) is 155 Å². The Labute approximate surface area is 617 Å². The minimum atomic E-state index is -0.488. The van der Waals surface area contributed by atoms with Crippen LogP contribution in [-0.4, -0.2) is 178 Å². The van der Waals surface area contributed by atoms with E-state index in [9.17, 15) is 14.4 Å². The number of hydrogen-bond donors (Lipinski definition) is 0. The fourth-order valence-electron chi connectivity index (χ4n) is 14.0. The van der Waals surface area contributed by atoms with Gasteiger partial charge in [0.2, 0.25) is 0 Å². The third kappa shape index (κ3) is 20.3. The summed E-state index contributed by atoms with van der Waals surface area (Å²) in [6.45, 7) is 41.0. The number of aromatic nitrogens is 3. The molecule has 7 aliphatic rings. The minimum Gasteiger partial charge on any atom is -0.444 e. The van der Waals surface area contributed by atoms with Crippen LogP contribution < -0.4 is 0 Å². The summed E-state index contributed by atoms with van der Waals surface area (Å²) in [5, 5.41) is 2.41. The van der Waals surface area contributed by atoms with Crippen molar-refractivity contribution in [3.63, 3.8) is 0 Å². The molecule has 0 spiro atoms. The van der Waals surface area contributed by atoms with Gasteiger partial charge in [0.1, 0.15) is 21.8 Å². The number of thiazole rings is 3. The van der Waals surface area contributed by atoms with Crippen molar-refractivity contribution in [3.8, 4) is 0 Å². The lowest BCUT2D eigenvalue weighted by Gasteiger charge is -2.39. The highest BCUT2D eigenvalue weighted by Crippen LogP contribution is 2.43. The van der Waals surface area contributed by atoms with Crippen molar-refractivity contribution in [2.75, 3.05) is 80.0 Å². The lowest BCUT2D eigenvalue weighted by atomic mass is 9.75. The number of carbonyl (C=O) groups is 3. The van der Waals surface area contributed by atoms with E-state index in [0.29, 0.717) is 23.7 Å². The van der Waals surface area contributed by atoms with E-state index in [-0.39, 0.29) is 54.7 Å². The second-order valence-electron chi connectivity index (χ2n) is 33.4. The zero-order chi connectivity index (χ0) is 72.4. The molecule has 5 fully saturated rings. The lowest BCUT2D eigenvalue weighted by Crippen LogP contribution is -2.44. The monoisotopic (exact) mass is 1490 g/mol. The number of fused-ring (bicyclic) bond motifs is 3. The number of likely N-dealkylation sites (N-methyl/N-ethyl adjacent to an activating group) is 2. The molecular formula is C78H113BBrN9O8S3. The molecule has 0 radical (unpaired) electrons. The second kappa shape index (κ2) is 32.1. The largest absolute Gasteiger partial charge is 0.490 e. The molecule has 3 unspecified atom stereocenters. The summed E-state index contributed by atoms with van der Waals surface area (Å²) >= 11 is 8.68. The summed E-state index contributed by atoms with van der Waals surface area (Å²) in [6, 6.07) is 19.6. The van der Waals surface area contributed by atoms with Crippen molar-refractivity contribution in [1.29, 1.82) is 0 Å². The number of halogens is 1. The predicted molar refractivity (Wildman–Crippen MR) is 415 cm³/mol. The number of nitrogens with zero attached hydrogens (tertiary/aromatic N) is 9. The normalized spacial score (nSPS) is 24.3. The van der Waals surface area contributed by atoms with Crippen LogP contribution in [0.3, 0.4) is 0 Å². The zero-order valence-electron chi connectivity index (χ0n) is 63.3. The molecule has 7 aliphatic heterocycles. The van der Waals surface area contributed by atoms with Gasteiger partial charge in [-0.3, -0.25) is 0 Å². The number of piperidine rings is 4. The number of benzene rings is 3. The van der Waals surface area contributed by atoms with E-state index in [4.69, 9.17) is 33.5 Å². The van der Waals surface area contributed by atoms with Crippen LogP contribution in [0.4, 0.5) is 14.4 Å². The van der Waals surface area contributed by atoms with Gasteiger partial charge in [-0.05, 0) is 286 Å². The van der Waals surface area contributed by atoms with Crippen LogP contribution in [0.1, 0.15) is 226 Å². The van der Waals surface area contributed by atoms with E-state index in [1.165, 1.54) is 43.9 Å². The summed E-state index contributed by atoms with van der Waals surface area (Å²) in [4.78, 5) is 65.8. The molecule has 13 rings (SSSR count). The number of carbonyl (C=O) groups excluding carboxylic acids is 3. The predicted octanol–water partition coefficient (Wildman–Crippen LogP) is 19.2. The highest BCUT2D eigenvalue weighted by atomic mass is 79.9. The lowest BCUT2D eigenvalue weighted by molar-refractivity contribution is 0.00278. The Kier molecular flexibility index (Phi) is 24.9. The molecule has 3 aromatic heterocycles. The number of rotatable bonds is 6. The van der Waals surface area contributed by atoms with Crippen LogP contribution in [0.15, 0.2) is 76.1 Å². The van der Waals surface area contributed by atoms with Crippen molar-refractivity contribution in [3.05, 3.63) is 103 Å². The summed E-state index contributed by atoms with van der Waals surface area (Å²) in [7, 11) is 6.35. The van der Waals surface area contributed by atoms with E-state index >= 15 is 0 Å². The molecular weight excluding hydrogens is 1380 g/mol. The maximum absolute atomic E-state index is 12.9. The number of likely N-dealkylation sites (tertiary alicyclic amines) is 4. The van der Waals surface area contributed by atoms with Crippen LogP contribution >= 0.6 is 49.9 Å². The molecule has 10 heterocycles. The molecule has 6 aromatic rings. The molecule has 6 atom stereocenters. The second-order valence-corrected chi connectivity index (χ2v) is 37.8. The molecule has 3 aromatic carbocycles. The molecule has 17 nitrogen and oxygen atoms in total. The highest BCUT2D eigenvalue weighted by molar-refractivity contribution is 9.11. The first-order chi connectivity index (χ1) is 46.9. The van der Waals surface area contributed by atoms with Crippen LogP contribution in [0, 0.1) is 17.8 Å². The number of amides is 3. The van der Waals surface area contributed by atoms with Gasteiger partial charge in [-0.15, -0.1) is 34.0 Å². The molecule has 5 saturated heterocycles. The van der Waals surface area contributed by atoms with E-state index in [2.05, 4.69) is 172 Å². The van der Waals surface area contributed by atoms with Gasteiger partial charge >= 0.3 is 25.4 Å². The summed E-state index contributed by atoms with van der Waals surface area (Å²) in [6.07, 6.45) is 14.6. The van der Waals surface area contributed by atoms with Crippen LogP contribution in [0.25, 0.3) is 36.2 Å². The smallest absolute Gasteiger partial charge is 0.444 e. The number of hydrogen-bond acceptors (Lipinski definition) is 17. The molecule has 0 aliphatic carbocycles. The molecule has 0 saturated carbocycles. The molecule has 22 heteroatoms. The average molecular weight is 1490 g/mol. The van der Waals surface area contributed by atoms with Crippen LogP contribution in [0.2, 0.25) is 0 Å². The van der Waals surface area contributed by atoms with Crippen LogP contribution in [-0.2, 0) is 23.5 Å². The summed E-state index contributed by atoms with van der Waals surface area (Å²) < 4.78 is 33.6. The Bertz CT molecular complexity index is 3860. The molecule has 546 valence electrons. The molecule has 3 amide bonds. The first-order valence-electron chi connectivity index (χ1n) is 36.6. The van der Waals surface area contributed by atoms with Gasteiger partial charge in [-0.2, -0.15) is 0 Å². The fraction of sp³-hybridized carbons (Fsp3) is 0.641. The van der Waals surface area contributed by atoms with Crippen molar-refractivity contribution in [2.45, 2.75) is 227 Å². The average Bonchev–Trinajstić information content (AvgIpc) is 1.58. The van der Waals surface area contributed by atoms with Crippen molar-refractivity contribution in [2.24, 2.45) is 17.8 Å². The van der Waals surface area contributed by atoms with Gasteiger partial charge in [-0.25, -0.2) is 29.3 Å². The summed E-state index contributed by atoms with van der Waals surface area (Å²) in [5.41, 5.74) is 7.34. The Morgan fingerprint density at radius 1 is 0.510 bits per heavy atom. The van der Waals surface area contributed by atoms with Crippen molar-refractivity contribution >= 4 is 112 Å². The quantitative estimate of drug-likeness (QED) is 0.115. The fourth-order valence-corrected chi connectivity index (χ4v) is 17.6. The Morgan fingerprint density at radius 3 is 1.32 bits per heavy atom. The first kappa shape index (κ1) is 77.6. The van der Waals surface area contributed by atoms with Gasteiger partial charge < -0.3 is 52.9 Å². The zero-order valence-corrected chi connectivity index (χ0v) is 67.3. The summed E-state index contributed by atoms with van der Waals surface area (Å²) in [5.74, 6) is 2.05. The van der Waals surface area contributed by atoms with Gasteiger partial charge in [0.15, 0.2) is 3.92 Å². The van der Waals surface area contributed by atoms with E-state index in [1.54, 1.807) is 22.7 Å². The highest BCUT2D eigenvalue weighted by Gasteiger charge is 2.52. The Hall–Kier alpha value is -5.04. The van der Waals surface area contributed by atoms with Gasteiger partial charge in [0.05, 0.1) is 65.0 Å². The van der Waals surface area contributed by atoms with Gasteiger partial charge in [0, 0.05) is 51.7 Å². The van der Waals surface area contributed by atoms with E-state index in [0.717, 1.165) is 152 Å². The third-order valence-electron chi connectivity index (χ3n) is 20.5. The van der Waals surface area contributed by atoms with Gasteiger partial charge in [-0.1, -0.05) is 51.1 Å². The first-order valence-corrected chi connectivity index (χ1v) is 39.8. The van der Waals surface area contributed by atoms with Crippen molar-refractivity contribution in [1.82, 2.24) is 44.4 Å². The minimum absolute atomic E-state index is 0.0492. The number of ether oxygens (including phenoxy) is 3. The maximum Gasteiger partial charge on any atom is 0.490 e. The SMILES string of the molecule is CN1CC=C(B2OC(C)(C)C(C)(C)O2)CC1.C[C@H]1CCC(c2ccc3sc(Br)nc3c2)N(C(=O)OC(C)(C)C)C1.C[C@H]1CCC(c2ccc3sc(C4=CCN(C)CC4)nc3c2)N(C(=O)OC(C)(C)C)C1.C[C@H]1CCC(c2ccc3sc(C4CCN(C)CC4)nc3c2)N(C(=O)OC(C)(C)C)C1. The van der Waals surface area contributed by atoms with E-state index in [1.807, 2.05) is 88.4 Å². The van der Waals surface area contributed by atoms with Gasteiger partial charge in [0.25, 0.3) is 0 Å². The van der Waals surface area contributed by atoms with Crippen molar-refractivity contribution < 1.29 is 37.9 Å². The van der Waals surface area contributed by atoms with Crippen LogP contribution in [0.5, 0.6) is 0 Å². The maximum atomic E-state index is 12.9. The molecule has 0 bridgehead atoms. The third-order valence-corrected chi connectivity index (χ3v) is 24.3. The molecule has 100 heavy (non-hydrogen) atoms. The standard InChI is InChI=1S/C24H35N3O2S.C24H33N3O2S.C18H23BrN2O2S.C12H22BNO2/c2*1-16-6-8-20(27(15-16)23(28)29-24(2,3)4)18-7-9-21-19(14-18)25-22(30-21)17-10-12-26(5)13-11-17;1-11-5-7-14(21(10-11)17(22)23-18(2,3)4)12-6-8-15-13(9-12)20-16(19)24-15;1-11(2)12(3,4)16-13(15-11)10-6-8-14(5)9-7-10/h7,9,14,16-17,20H,6,8,10-13,15H2,1-5H3;7,9-10,14,16,20H,6,8,11-13,15H2,1-5H3;6,8-9,11,14H,5,7,10H2,1-4H3;6H,7-9H2,1-5H3/t2*16-,20?;11-,14?;/m000./s1. The molecule has 0 N–H and O–H groups in total.